The van der Waals surface area contributed by atoms with Gasteiger partial charge in [0.15, 0.2) is 11.5 Å². The van der Waals surface area contributed by atoms with E-state index in [4.69, 9.17) is 27.9 Å². The number of phenolic OH excluding ortho intramolecular Hbond substituents is 1. The Bertz CT molecular complexity index is 1720. The monoisotopic (exact) mass is 587 g/mol. The minimum Gasteiger partial charge on any atom is -0.505 e. The summed E-state index contributed by atoms with van der Waals surface area (Å²) in [5.74, 6) is -0.910. The molecule has 0 unspecified atom stereocenters. The van der Waals surface area contributed by atoms with Crippen LogP contribution in [-0.2, 0) is 16.5 Å². The molecule has 9 nitrogen and oxygen atoms in total. The summed E-state index contributed by atoms with van der Waals surface area (Å²) in [5.41, 5.74) is 0.0509. The van der Waals surface area contributed by atoms with Gasteiger partial charge in [0.2, 0.25) is 0 Å². The topological polar surface area (TPSA) is 138 Å². The number of benzene rings is 4. The van der Waals surface area contributed by atoms with Gasteiger partial charge in [-0.15, -0.1) is 10.2 Å². The second-order valence-corrected chi connectivity index (χ2v) is 10.4. The van der Waals surface area contributed by atoms with Crippen molar-refractivity contribution in [1.29, 1.82) is 0 Å². The number of aromatic hydroxyl groups is 1. The Morgan fingerprint density at radius 3 is 2.38 bits per heavy atom. The molecule has 0 bridgehead atoms. The summed E-state index contributed by atoms with van der Waals surface area (Å²) in [6.45, 7) is 3.79. The molecule has 0 saturated heterocycles. The van der Waals surface area contributed by atoms with Gasteiger partial charge < -0.3 is 15.2 Å². The number of para-hydroxylation sites is 1. The lowest BCUT2D eigenvalue weighted by Gasteiger charge is -2.15. The highest BCUT2D eigenvalue weighted by atomic mass is 35.5. The first-order valence-electron chi connectivity index (χ1n) is 11.7. The van der Waals surface area contributed by atoms with Gasteiger partial charge in [0.05, 0.1) is 27.9 Å². The molecule has 0 saturated carbocycles. The SMILES string of the molecule is CCOc1c(Cl)cccc1NC(=O)c1cc2ccccc2c(N=Nc2c(Cl)ccc(CC)c2S(=O)(=O)O)c1O. The fourth-order valence-corrected chi connectivity index (χ4v) is 5.45. The lowest BCUT2D eigenvalue weighted by molar-refractivity contribution is 0.102. The van der Waals surface area contributed by atoms with Gasteiger partial charge in [0.25, 0.3) is 16.0 Å². The van der Waals surface area contributed by atoms with E-state index in [2.05, 4.69) is 15.5 Å². The number of amides is 1. The molecule has 0 aromatic heterocycles. The number of carbonyl (C=O) groups is 1. The third kappa shape index (κ3) is 5.84. The largest absolute Gasteiger partial charge is 0.505 e. The van der Waals surface area contributed by atoms with E-state index >= 15 is 0 Å². The second-order valence-electron chi connectivity index (χ2n) is 8.26. The summed E-state index contributed by atoms with van der Waals surface area (Å²) in [7, 11) is -4.71. The smallest absolute Gasteiger partial charge is 0.297 e. The van der Waals surface area contributed by atoms with Crippen molar-refractivity contribution in [2.75, 3.05) is 11.9 Å². The van der Waals surface area contributed by atoms with E-state index in [1.165, 1.54) is 18.2 Å². The number of nitrogens with zero attached hydrogens (tertiary/aromatic N) is 2. The Hall–Kier alpha value is -3.70. The van der Waals surface area contributed by atoms with Gasteiger partial charge in [0.1, 0.15) is 16.3 Å². The Balaban J connectivity index is 1.86. The first-order valence-corrected chi connectivity index (χ1v) is 13.9. The molecule has 4 aromatic rings. The van der Waals surface area contributed by atoms with Crippen molar-refractivity contribution >= 4 is 67.1 Å². The third-order valence-corrected chi connectivity index (χ3v) is 7.37. The molecule has 0 fully saturated rings. The van der Waals surface area contributed by atoms with Crippen LogP contribution < -0.4 is 10.1 Å². The number of phenols is 1. The van der Waals surface area contributed by atoms with Crippen LogP contribution >= 0.6 is 23.2 Å². The van der Waals surface area contributed by atoms with Gasteiger partial charge in [-0.05, 0) is 48.6 Å². The Kier molecular flexibility index (Phi) is 8.41. The lowest BCUT2D eigenvalue weighted by Crippen LogP contribution is -2.13. The van der Waals surface area contributed by atoms with E-state index in [0.717, 1.165) is 0 Å². The van der Waals surface area contributed by atoms with Crippen molar-refractivity contribution < 1.29 is 27.6 Å². The average Bonchev–Trinajstić information content (AvgIpc) is 2.89. The number of ether oxygens (including phenoxy) is 1. The summed E-state index contributed by atoms with van der Waals surface area (Å²) in [6.07, 6.45) is 0.270. The number of azo groups is 1. The van der Waals surface area contributed by atoms with Crippen LogP contribution in [0.5, 0.6) is 11.5 Å². The molecule has 0 aliphatic rings. The summed E-state index contributed by atoms with van der Waals surface area (Å²) < 4.78 is 39.7. The van der Waals surface area contributed by atoms with Crippen LogP contribution in [0.2, 0.25) is 10.0 Å². The Morgan fingerprint density at radius 1 is 0.974 bits per heavy atom. The minimum atomic E-state index is -4.71. The molecule has 0 spiro atoms. The number of halogens is 2. The van der Waals surface area contributed by atoms with Crippen LogP contribution in [-0.4, -0.2) is 30.6 Å². The van der Waals surface area contributed by atoms with Crippen LogP contribution in [0, 0.1) is 0 Å². The zero-order chi connectivity index (χ0) is 28.3. The van der Waals surface area contributed by atoms with Gasteiger partial charge in [-0.2, -0.15) is 8.42 Å². The zero-order valence-electron chi connectivity index (χ0n) is 20.8. The number of hydrogen-bond acceptors (Lipinski definition) is 7. The molecule has 3 N–H and O–H groups in total. The Morgan fingerprint density at radius 2 is 1.69 bits per heavy atom. The maximum absolute atomic E-state index is 13.3. The Labute approximate surface area is 234 Å². The molecule has 0 radical (unpaired) electrons. The predicted octanol–water partition coefficient (Wildman–Crippen LogP) is 7.73. The maximum atomic E-state index is 13.3. The number of aryl methyl sites for hydroxylation is 1. The van der Waals surface area contributed by atoms with Crippen molar-refractivity contribution in [2.45, 2.75) is 25.2 Å². The molecule has 4 aromatic carbocycles. The van der Waals surface area contributed by atoms with Crippen molar-refractivity contribution in [1.82, 2.24) is 0 Å². The first-order chi connectivity index (χ1) is 18.6. The maximum Gasteiger partial charge on any atom is 0.297 e. The number of carbonyl (C=O) groups excluding carboxylic acids is 1. The molecule has 0 aliphatic carbocycles. The summed E-state index contributed by atoms with van der Waals surface area (Å²) in [5, 5.41) is 23.2. The summed E-state index contributed by atoms with van der Waals surface area (Å²) in [4.78, 5) is 12.8. The molecular weight excluding hydrogens is 565 g/mol. The molecule has 39 heavy (non-hydrogen) atoms. The van der Waals surface area contributed by atoms with Crippen LogP contribution in [0.4, 0.5) is 17.1 Å². The van der Waals surface area contributed by atoms with Crippen molar-refractivity contribution in [3.8, 4) is 11.5 Å². The summed E-state index contributed by atoms with van der Waals surface area (Å²) in [6, 6.07) is 16.1. The van der Waals surface area contributed by atoms with Crippen LogP contribution in [0.25, 0.3) is 10.8 Å². The molecular formula is C27H23Cl2N3O6S. The highest BCUT2D eigenvalue weighted by Gasteiger charge is 2.24. The molecule has 0 heterocycles. The van der Waals surface area contributed by atoms with Gasteiger partial charge in [-0.1, -0.05) is 66.5 Å². The molecule has 4 rings (SSSR count). The molecule has 12 heteroatoms. The minimum absolute atomic E-state index is 0.0781. The normalized spacial score (nSPS) is 11.7. The highest BCUT2D eigenvalue weighted by molar-refractivity contribution is 7.86. The number of rotatable bonds is 8. The van der Waals surface area contributed by atoms with E-state index in [1.54, 1.807) is 56.3 Å². The molecule has 202 valence electrons. The van der Waals surface area contributed by atoms with Crippen molar-refractivity contribution in [2.24, 2.45) is 10.2 Å². The van der Waals surface area contributed by atoms with Gasteiger partial charge in [-0.3, -0.25) is 9.35 Å². The van der Waals surface area contributed by atoms with Crippen molar-refractivity contribution in [3.05, 3.63) is 81.8 Å². The highest BCUT2D eigenvalue weighted by Crippen LogP contribution is 2.42. The summed E-state index contributed by atoms with van der Waals surface area (Å²) >= 11 is 12.5. The average molecular weight is 588 g/mol. The van der Waals surface area contributed by atoms with Gasteiger partial charge >= 0.3 is 0 Å². The molecule has 1 amide bonds. The zero-order valence-corrected chi connectivity index (χ0v) is 23.1. The number of fused-ring (bicyclic) bond motifs is 1. The first kappa shape index (κ1) is 28.3. The van der Waals surface area contributed by atoms with E-state index in [0.29, 0.717) is 28.1 Å². The van der Waals surface area contributed by atoms with Crippen molar-refractivity contribution in [3.63, 3.8) is 0 Å². The van der Waals surface area contributed by atoms with Crippen LogP contribution in [0.3, 0.4) is 0 Å². The van der Waals surface area contributed by atoms with E-state index in [9.17, 15) is 22.9 Å². The number of hydrogen-bond donors (Lipinski definition) is 3. The number of anilines is 1. The standard InChI is InChI=1S/C27H23Cl2N3O6S/c1-3-15-12-13-19(28)23(26(15)39(35,36)37)32-31-22-17-9-6-5-8-16(17)14-18(24(22)33)27(34)30-21-11-7-10-20(29)25(21)38-4-2/h5-14,33H,3-4H2,1-2H3,(H,30,34)(H,35,36,37). The molecule has 0 aliphatic heterocycles. The third-order valence-electron chi connectivity index (χ3n) is 5.80. The van der Waals surface area contributed by atoms with Gasteiger partial charge in [-0.25, -0.2) is 0 Å². The number of nitrogens with one attached hydrogen (secondary N) is 1. The van der Waals surface area contributed by atoms with E-state index in [1.807, 2.05) is 0 Å². The molecule has 0 atom stereocenters. The second kappa shape index (κ2) is 11.6. The van der Waals surface area contributed by atoms with E-state index < -0.39 is 26.7 Å². The quantitative estimate of drug-likeness (QED) is 0.142. The van der Waals surface area contributed by atoms with E-state index in [-0.39, 0.29) is 39.7 Å². The lowest BCUT2D eigenvalue weighted by atomic mass is 10.0. The fourth-order valence-electron chi connectivity index (χ4n) is 4.03. The fraction of sp³-hybridized carbons (Fsp3) is 0.148. The predicted molar refractivity (Wildman–Crippen MR) is 151 cm³/mol. The van der Waals surface area contributed by atoms with Gasteiger partial charge in [0, 0.05) is 5.39 Å². The van der Waals surface area contributed by atoms with Crippen LogP contribution in [0.1, 0.15) is 29.8 Å². The van der Waals surface area contributed by atoms with Crippen LogP contribution in [0.15, 0.2) is 75.8 Å².